The molecule has 1 aliphatic carbocycles. The summed E-state index contributed by atoms with van der Waals surface area (Å²) in [4.78, 5) is 43.9. The fraction of sp³-hybridized carbons (Fsp3) is 0.500. The summed E-state index contributed by atoms with van der Waals surface area (Å²) in [6, 6.07) is 6.02. The van der Waals surface area contributed by atoms with Crippen molar-refractivity contribution in [2.75, 3.05) is 27.2 Å². The van der Waals surface area contributed by atoms with Crippen LogP contribution < -0.4 is 21.7 Å². The number of nitrogens with zero attached hydrogens (tertiary/aromatic N) is 2. The molecule has 0 bridgehead atoms. The van der Waals surface area contributed by atoms with Crippen LogP contribution in [0.5, 0.6) is 0 Å². The van der Waals surface area contributed by atoms with Gasteiger partial charge in [0.15, 0.2) is 0 Å². The number of aliphatic imine (C=N–C) groups is 1. The van der Waals surface area contributed by atoms with Crippen LogP contribution in [-0.2, 0) is 16.0 Å². The van der Waals surface area contributed by atoms with E-state index in [2.05, 4.69) is 34.4 Å². The van der Waals surface area contributed by atoms with Crippen LogP contribution >= 0.6 is 0 Å². The van der Waals surface area contributed by atoms with Gasteiger partial charge in [-0.1, -0.05) is 44.2 Å². The Morgan fingerprint density at radius 2 is 1.98 bits per heavy atom. The Morgan fingerprint density at radius 3 is 2.61 bits per heavy atom. The minimum absolute atomic E-state index is 0.0660. The van der Waals surface area contributed by atoms with Gasteiger partial charge in [0.2, 0.25) is 11.8 Å². The van der Waals surface area contributed by atoms with Gasteiger partial charge in [-0.3, -0.25) is 24.7 Å². The summed E-state index contributed by atoms with van der Waals surface area (Å²) >= 11 is 0. The van der Waals surface area contributed by atoms with E-state index < -0.39 is 0 Å². The Kier molecular flexibility index (Phi) is 11.5. The number of carbonyl (C=O) groups is 3. The molecule has 9 nitrogen and oxygen atoms in total. The van der Waals surface area contributed by atoms with E-state index in [0.29, 0.717) is 54.7 Å². The molecule has 1 heterocycles. The predicted octanol–water partition coefficient (Wildman–Crippen LogP) is 3.19. The van der Waals surface area contributed by atoms with Gasteiger partial charge in [-0.05, 0) is 74.3 Å². The maximum Gasteiger partial charge on any atom is 0.251 e. The van der Waals surface area contributed by atoms with Crippen molar-refractivity contribution in [1.82, 2.24) is 20.9 Å². The first-order valence-electron chi connectivity index (χ1n) is 14.6. The molecule has 1 fully saturated rings. The SMILES string of the molecule is C=C/C=C(\C=C(/C)C(=O)NCC)CCc1cc(C(=O)NC)ccc1C1CC(NCC(=O)N(C)C2CC2CC)N=C1N. The minimum Gasteiger partial charge on any atom is -0.387 e. The maximum atomic E-state index is 12.7. The largest absolute Gasteiger partial charge is 0.387 e. The number of hydrogen-bond donors (Lipinski definition) is 4. The van der Waals surface area contributed by atoms with Crippen LogP contribution in [0.1, 0.15) is 73.9 Å². The van der Waals surface area contributed by atoms with Crippen molar-refractivity contribution >= 4 is 23.6 Å². The number of rotatable bonds is 14. The van der Waals surface area contributed by atoms with Crippen LogP contribution in [0, 0.1) is 5.92 Å². The highest BCUT2D eigenvalue weighted by Crippen LogP contribution is 2.37. The molecule has 4 unspecified atom stereocenters. The highest BCUT2D eigenvalue weighted by Gasteiger charge is 2.40. The molecule has 1 saturated carbocycles. The molecular weight excluding hydrogens is 516 g/mol. The summed E-state index contributed by atoms with van der Waals surface area (Å²) in [7, 11) is 3.49. The third-order valence-electron chi connectivity index (χ3n) is 8.03. The first-order valence-corrected chi connectivity index (χ1v) is 14.6. The Labute approximate surface area is 244 Å². The molecule has 5 N–H and O–H groups in total. The van der Waals surface area contributed by atoms with Crippen molar-refractivity contribution < 1.29 is 14.4 Å². The summed E-state index contributed by atoms with van der Waals surface area (Å²) in [5.74, 6) is 0.782. The first-order chi connectivity index (χ1) is 19.6. The lowest BCUT2D eigenvalue weighted by atomic mass is 9.87. The number of likely N-dealkylation sites (N-methyl/N-ethyl adjacent to an activating group) is 2. The fourth-order valence-electron chi connectivity index (χ4n) is 5.47. The van der Waals surface area contributed by atoms with Crippen LogP contribution in [0.3, 0.4) is 0 Å². The second kappa shape index (κ2) is 14.8. The van der Waals surface area contributed by atoms with E-state index in [-0.39, 0.29) is 36.3 Å². The molecule has 1 aromatic rings. The average Bonchev–Trinajstić information content (AvgIpc) is 3.67. The molecule has 222 valence electrons. The van der Waals surface area contributed by atoms with E-state index in [1.54, 1.807) is 20.0 Å². The molecule has 0 aromatic heterocycles. The molecule has 0 saturated heterocycles. The third kappa shape index (κ3) is 8.39. The highest BCUT2D eigenvalue weighted by molar-refractivity contribution is 5.95. The van der Waals surface area contributed by atoms with Gasteiger partial charge in [0, 0.05) is 43.7 Å². The normalized spacial score (nSPS) is 22.1. The Hall–Kier alpha value is -3.72. The summed E-state index contributed by atoms with van der Waals surface area (Å²) in [6.07, 6.45) is 9.29. The van der Waals surface area contributed by atoms with Crippen molar-refractivity contribution in [3.8, 4) is 0 Å². The summed E-state index contributed by atoms with van der Waals surface area (Å²) in [5, 5.41) is 8.80. The molecule has 0 spiro atoms. The molecule has 2 aliphatic rings. The molecule has 9 heteroatoms. The fourth-order valence-corrected chi connectivity index (χ4v) is 5.47. The molecule has 0 radical (unpaired) electrons. The quantitative estimate of drug-likeness (QED) is 0.205. The number of nitrogens with two attached hydrogens (primary N) is 1. The Balaban J connectivity index is 1.75. The van der Waals surface area contributed by atoms with Crippen LogP contribution in [0.4, 0.5) is 0 Å². The van der Waals surface area contributed by atoms with E-state index in [9.17, 15) is 14.4 Å². The minimum atomic E-state index is -0.260. The van der Waals surface area contributed by atoms with E-state index in [0.717, 1.165) is 29.5 Å². The van der Waals surface area contributed by atoms with Crippen molar-refractivity contribution in [2.24, 2.45) is 16.6 Å². The van der Waals surface area contributed by atoms with Crippen LogP contribution in [0.2, 0.25) is 0 Å². The zero-order chi connectivity index (χ0) is 30.1. The number of carbonyl (C=O) groups excluding carboxylic acids is 3. The maximum absolute atomic E-state index is 12.7. The van der Waals surface area contributed by atoms with Gasteiger partial charge in [-0.15, -0.1) is 0 Å². The van der Waals surface area contributed by atoms with Gasteiger partial charge in [0.05, 0.1) is 6.54 Å². The summed E-state index contributed by atoms with van der Waals surface area (Å²) in [5.41, 5.74) is 10.6. The highest BCUT2D eigenvalue weighted by atomic mass is 16.2. The first kappa shape index (κ1) is 31.8. The van der Waals surface area contributed by atoms with Gasteiger partial charge < -0.3 is 21.3 Å². The third-order valence-corrected chi connectivity index (χ3v) is 8.03. The monoisotopic (exact) mass is 562 g/mol. The summed E-state index contributed by atoms with van der Waals surface area (Å²) < 4.78 is 0. The zero-order valence-corrected chi connectivity index (χ0v) is 25.1. The topological polar surface area (TPSA) is 129 Å². The Morgan fingerprint density at radius 1 is 1.22 bits per heavy atom. The lowest BCUT2D eigenvalue weighted by molar-refractivity contribution is -0.129. The number of amides is 3. The molecule has 1 aliphatic heterocycles. The van der Waals surface area contributed by atoms with Crippen molar-refractivity contribution in [3.63, 3.8) is 0 Å². The second-order valence-corrected chi connectivity index (χ2v) is 10.9. The van der Waals surface area contributed by atoms with Gasteiger partial charge in [-0.2, -0.15) is 0 Å². The van der Waals surface area contributed by atoms with Crippen LogP contribution in [-0.4, -0.2) is 67.8 Å². The zero-order valence-electron chi connectivity index (χ0n) is 25.1. The molecule has 4 atom stereocenters. The number of aryl methyl sites for hydroxylation is 1. The number of allylic oxidation sites excluding steroid dienone is 4. The molecule has 3 rings (SSSR count). The summed E-state index contributed by atoms with van der Waals surface area (Å²) in [6.45, 7) is 10.4. The van der Waals surface area contributed by atoms with Gasteiger partial charge in [0.25, 0.3) is 5.91 Å². The van der Waals surface area contributed by atoms with E-state index in [1.165, 1.54) is 0 Å². The molecule has 3 amide bonds. The van der Waals surface area contributed by atoms with E-state index >= 15 is 0 Å². The lowest BCUT2D eigenvalue weighted by Crippen LogP contribution is -2.40. The number of amidine groups is 1. The smallest absolute Gasteiger partial charge is 0.251 e. The number of nitrogens with one attached hydrogen (secondary N) is 3. The number of hydrogen-bond acceptors (Lipinski definition) is 6. The van der Waals surface area contributed by atoms with Gasteiger partial charge in [0.1, 0.15) is 12.0 Å². The van der Waals surface area contributed by atoms with Crippen molar-refractivity contribution in [3.05, 3.63) is 70.8 Å². The van der Waals surface area contributed by atoms with Crippen LogP contribution in [0.25, 0.3) is 0 Å². The Bertz CT molecular complexity index is 1230. The number of benzene rings is 1. The molecular formula is C32H46N6O3. The molecule has 1 aromatic carbocycles. The van der Waals surface area contributed by atoms with Gasteiger partial charge in [-0.25, -0.2) is 0 Å². The van der Waals surface area contributed by atoms with Gasteiger partial charge >= 0.3 is 0 Å². The van der Waals surface area contributed by atoms with E-state index in [4.69, 9.17) is 5.73 Å². The predicted molar refractivity (Wildman–Crippen MR) is 165 cm³/mol. The van der Waals surface area contributed by atoms with Crippen molar-refractivity contribution in [1.29, 1.82) is 0 Å². The standard InChI is InChI=1S/C32H46N6O3/c1-7-10-21(15-20(4)31(40)35-9-3)11-12-23-16-24(32(41)34-5)13-14-25(23)26-18-28(37-30(26)33)36-19-29(39)38(6)27-17-22(27)8-2/h7,10,13-16,22,26-28,36H,1,8-9,11-12,17-19H2,2-6H3,(H2,33,37)(H,34,41)(H,35,40)/b20-15+,21-10-. The second-order valence-electron chi connectivity index (χ2n) is 10.9. The van der Waals surface area contributed by atoms with Crippen LogP contribution in [0.15, 0.2) is 59.1 Å². The molecule has 41 heavy (non-hydrogen) atoms. The van der Waals surface area contributed by atoms with E-state index in [1.807, 2.05) is 49.2 Å². The average molecular weight is 563 g/mol. The lowest BCUT2D eigenvalue weighted by Gasteiger charge is -2.20. The van der Waals surface area contributed by atoms with Crippen molar-refractivity contribution in [2.45, 2.75) is 71.0 Å².